The van der Waals surface area contributed by atoms with Crippen LogP contribution < -0.4 is 15.2 Å². The van der Waals surface area contributed by atoms with Crippen molar-refractivity contribution in [1.82, 2.24) is 4.37 Å². The van der Waals surface area contributed by atoms with Gasteiger partial charge in [0, 0.05) is 10.9 Å². The molecule has 2 aromatic carbocycles. The van der Waals surface area contributed by atoms with Gasteiger partial charge in [-0.1, -0.05) is 12.1 Å². The van der Waals surface area contributed by atoms with Gasteiger partial charge in [-0.05, 0) is 88.7 Å². The van der Waals surface area contributed by atoms with Crippen LogP contribution in [0.15, 0.2) is 41.5 Å². The lowest BCUT2D eigenvalue weighted by Gasteiger charge is -2.32. The Labute approximate surface area is 204 Å². The van der Waals surface area contributed by atoms with E-state index >= 15 is 0 Å². The molecule has 0 amide bonds. The average Bonchev–Trinajstić information content (AvgIpc) is 3.31. The zero-order valence-electron chi connectivity index (χ0n) is 20.4. The molecular formula is C25H29BFN3O3S. The first-order chi connectivity index (χ1) is 16.1. The van der Waals surface area contributed by atoms with Gasteiger partial charge in [0.1, 0.15) is 0 Å². The molecule has 0 saturated carbocycles. The van der Waals surface area contributed by atoms with Crippen molar-refractivity contribution in [2.24, 2.45) is 5.10 Å². The molecule has 6 nitrogen and oxygen atoms in total. The van der Waals surface area contributed by atoms with Crippen LogP contribution in [0.3, 0.4) is 0 Å². The van der Waals surface area contributed by atoms with Gasteiger partial charge in [0.15, 0.2) is 17.4 Å². The lowest BCUT2D eigenvalue weighted by Crippen LogP contribution is -2.41. The summed E-state index contributed by atoms with van der Waals surface area (Å²) in [6.45, 7) is 10.4. The zero-order chi connectivity index (χ0) is 24.3. The third kappa shape index (κ3) is 3.89. The maximum atomic E-state index is 13.9. The number of benzene rings is 2. The van der Waals surface area contributed by atoms with E-state index in [9.17, 15) is 4.39 Å². The second kappa shape index (κ2) is 8.32. The molecule has 1 saturated heterocycles. The third-order valence-corrected chi connectivity index (χ3v) is 7.95. The number of ether oxygens (including phenoxy) is 1. The molecule has 0 radical (unpaired) electrons. The summed E-state index contributed by atoms with van der Waals surface area (Å²) < 4.78 is 37.3. The number of nitrogens with zero attached hydrogens (tertiary/aromatic N) is 3. The number of rotatable bonds is 4. The number of hydrogen-bond acceptors (Lipinski definition) is 7. The zero-order valence-corrected chi connectivity index (χ0v) is 21.2. The van der Waals surface area contributed by atoms with Crippen molar-refractivity contribution in [2.45, 2.75) is 64.7 Å². The van der Waals surface area contributed by atoms with Crippen molar-refractivity contribution in [2.75, 3.05) is 12.1 Å². The van der Waals surface area contributed by atoms with E-state index in [4.69, 9.17) is 23.5 Å². The van der Waals surface area contributed by atoms with Gasteiger partial charge in [-0.15, -0.1) is 0 Å². The molecule has 2 aliphatic rings. The summed E-state index contributed by atoms with van der Waals surface area (Å²) in [7, 11) is 1.06. The van der Waals surface area contributed by atoms with Gasteiger partial charge in [-0.3, -0.25) is 0 Å². The number of hydrogen-bond donors (Lipinski definition) is 0. The highest BCUT2D eigenvalue weighted by Crippen LogP contribution is 2.38. The molecule has 1 aromatic heterocycles. The number of halogens is 1. The molecule has 0 aliphatic carbocycles. The Bertz CT molecular complexity index is 1260. The molecular weight excluding hydrogens is 452 g/mol. The summed E-state index contributed by atoms with van der Waals surface area (Å²) >= 11 is 1.45. The number of hydrazone groups is 1. The summed E-state index contributed by atoms with van der Waals surface area (Å²) in [4.78, 5) is 0. The van der Waals surface area contributed by atoms with Gasteiger partial charge in [0.25, 0.3) is 0 Å². The predicted octanol–water partition coefficient (Wildman–Crippen LogP) is 5.14. The summed E-state index contributed by atoms with van der Waals surface area (Å²) in [5, 5.41) is 7.96. The van der Waals surface area contributed by atoms with Crippen LogP contribution in [0, 0.1) is 5.82 Å². The lowest BCUT2D eigenvalue weighted by atomic mass is 9.79. The van der Waals surface area contributed by atoms with Gasteiger partial charge in [0.05, 0.1) is 34.8 Å². The molecule has 3 heterocycles. The second-order valence-electron chi connectivity index (χ2n) is 9.98. The summed E-state index contributed by atoms with van der Waals surface area (Å²) in [5.74, 6) is 0.676. The van der Waals surface area contributed by atoms with Gasteiger partial charge in [0.2, 0.25) is 0 Å². The van der Waals surface area contributed by atoms with E-state index < -0.39 is 7.12 Å². The van der Waals surface area contributed by atoms with E-state index in [-0.39, 0.29) is 28.8 Å². The first kappa shape index (κ1) is 23.3. The van der Waals surface area contributed by atoms with Crippen LogP contribution in [-0.4, -0.2) is 41.6 Å². The largest absolute Gasteiger partial charge is 0.494 e. The van der Waals surface area contributed by atoms with Crippen LogP contribution >= 0.6 is 11.5 Å². The van der Waals surface area contributed by atoms with Crippen molar-refractivity contribution in [3.8, 4) is 5.75 Å². The number of methoxy groups -OCH3 is 1. The predicted molar refractivity (Wildman–Crippen MR) is 136 cm³/mol. The Morgan fingerprint density at radius 3 is 2.56 bits per heavy atom. The number of aromatic nitrogens is 1. The van der Waals surface area contributed by atoms with E-state index in [1.165, 1.54) is 24.7 Å². The lowest BCUT2D eigenvalue weighted by molar-refractivity contribution is 0.00578. The van der Waals surface area contributed by atoms with Gasteiger partial charge >= 0.3 is 7.12 Å². The van der Waals surface area contributed by atoms with E-state index in [2.05, 4.69) is 46.8 Å². The maximum Gasteiger partial charge on any atom is 0.494 e. The highest BCUT2D eigenvalue weighted by Gasteiger charge is 2.51. The van der Waals surface area contributed by atoms with Crippen LogP contribution in [-0.2, 0) is 9.31 Å². The molecule has 3 aromatic rings. The van der Waals surface area contributed by atoms with Crippen molar-refractivity contribution in [3.05, 3.63) is 47.8 Å². The first-order valence-corrected chi connectivity index (χ1v) is 12.3. The standard InChI is InChI=1S/C25H29BFN3O3S/c1-15-7-12-20(16-8-11-19(27)21(13-16)31-6)28-30(15)23-18-10-9-17(14-22(18)34-29-23)26-32-24(2,3)25(4,5)33-26/h8-11,13-15H,7,12H2,1-6H3. The van der Waals surface area contributed by atoms with Gasteiger partial charge < -0.3 is 14.0 Å². The Hall–Kier alpha value is -2.49. The van der Waals surface area contributed by atoms with E-state index in [1.54, 1.807) is 12.1 Å². The fourth-order valence-corrected chi connectivity index (χ4v) is 5.09. The minimum atomic E-state index is -0.410. The summed E-state index contributed by atoms with van der Waals surface area (Å²) in [5.41, 5.74) is 1.96. The maximum absolute atomic E-state index is 13.9. The Morgan fingerprint density at radius 1 is 1.12 bits per heavy atom. The van der Waals surface area contributed by atoms with Crippen molar-refractivity contribution >= 4 is 45.7 Å². The van der Waals surface area contributed by atoms with Crippen LogP contribution in [0.5, 0.6) is 5.75 Å². The van der Waals surface area contributed by atoms with E-state index in [1.807, 2.05) is 11.1 Å². The highest BCUT2D eigenvalue weighted by atomic mass is 32.1. The smallest absolute Gasteiger partial charge is 0.494 e. The van der Waals surface area contributed by atoms with E-state index in [0.717, 1.165) is 45.5 Å². The van der Waals surface area contributed by atoms with Gasteiger partial charge in [-0.2, -0.15) is 9.47 Å². The molecule has 0 spiro atoms. The Kier molecular flexibility index (Phi) is 5.70. The minimum Gasteiger partial charge on any atom is -0.494 e. The normalized spacial score (nSPS) is 21.7. The molecule has 2 aliphatic heterocycles. The fourth-order valence-electron chi connectivity index (χ4n) is 4.28. The van der Waals surface area contributed by atoms with Crippen molar-refractivity contribution < 1.29 is 18.4 Å². The average molecular weight is 481 g/mol. The van der Waals surface area contributed by atoms with Crippen LogP contribution in [0.2, 0.25) is 0 Å². The molecule has 178 valence electrons. The molecule has 34 heavy (non-hydrogen) atoms. The van der Waals surface area contributed by atoms with Gasteiger partial charge in [-0.25, -0.2) is 9.40 Å². The third-order valence-electron chi connectivity index (χ3n) is 7.15. The molecule has 1 atom stereocenters. The molecule has 0 N–H and O–H groups in total. The monoisotopic (exact) mass is 481 g/mol. The van der Waals surface area contributed by atoms with E-state index in [0.29, 0.717) is 0 Å². The molecule has 0 bridgehead atoms. The summed E-state index contributed by atoms with van der Waals surface area (Å²) in [6, 6.07) is 11.3. The summed E-state index contributed by atoms with van der Waals surface area (Å²) in [6.07, 6.45) is 1.73. The quantitative estimate of drug-likeness (QED) is 0.484. The number of fused-ring (bicyclic) bond motifs is 1. The van der Waals surface area contributed by atoms with Crippen LogP contribution in [0.4, 0.5) is 10.2 Å². The molecule has 1 fully saturated rings. The first-order valence-electron chi connectivity index (χ1n) is 11.6. The Morgan fingerprint density at radius 2 is 1.85 bits per heavy atom. The second-order valence-corrected chi connectivity index (χ2v) is 10.8. The minimum absolute atomic E-state index is 0.194. The highest BCUT2D eigenvalue weighted by molar-refractivity contribution is 7.13. The fraction of sp³-hybridized carbons (Fsp3) is 0.440. The number of anilines is 1. The van der Waals surface area contributed by atoms with Crippen molar-refractivity contribution in [1.29, 1.82) is 0 Å². The SMILES string of the molecule is COc1cc(C2=NN(c3nsc4cc(B5OC(C)(C)C(C)(C)O5)ccc34)C(C)CC2)ccc1F. The van der Waals surface area contributed by atoms with Crippen molar-refractivity contribution in [3.63, 3.8) is 0 Å². The molecule has 5 rings (SSSR count). The molecule has 9 heteroatoms. The van der Waals surface area contributed by atoms with Crippen LogP contribution in [0.1, 0.15) is 53.0 Å². The topological polar surface area (TPSA) is 56.2 Å². The molecule has 1 unspecified atom stereocenters. The van der Waals surface area contributed by atoms with Crippen LogP contribution in [0.25, 0.3) is 10.1 Å². The Balaban J connectivity index is 1.47.